The third-order valence-corrected chi connectivity index (χ3v) is 7.28. The predicted octanol–water partition coefficient (Wildman–Crippen LogP) is 3.11. The van der Waals surface area contributed by atoms with Crippen LogP contribution in [0.5, 0.6) is 0 Å². The molecule has 4 rings (SSSR count). The second-order valence-electron chi connectivity index (χ2n) is 7.56. The van der Waals surface area contributed by atoms with Gasteiger partial charge in [-0.15, -0.1) is 0 Å². The molecule has 0 saturated carbocycles. The normalized spacial score (nSPS) is 23.0. The van der Waals surface area contributed by atoms with Gasteiger partial charge in [-0.1, -0.05) is 48.0 Å². The Morgan fingerprint density at radius 3 is 2.45 bits per heavy atom. The molecule has 7 nitrogen and oxygen atoms in total. The minimum absolute atomic E-state index is 0.0629. The van der Waals surface area contributed by atoms with Crippen molar-refractivity contribution in [1.29, 1.82) is 0 Å². The van der Waals surface area contributed by atoms with E-state index < -0.39 is 40.0 Å². The molecule has 2 aliphatic rings. The number of aryl methyl sites for hydroxylation is 1. The second-order valence-corrected chi connectivity index (χ2v) is 9.37. The van der Waals surface area contributed by atoms with Crippen LogP contribution in [0.15, 0.2) is 65.6 Å². The standard InChI is InChI=1S/C23H23NO6S/c1-3-29-23(26)19-13-20(16-7-5-4-6-8-16)24(22-18(19)14-21(25)30-22)31(27,28)17-11-9-15(2)10-12-17/h4-13,18-19,22H,3,14H2,1-2H3/t18-,19+,22-/m1/s1. The Morgan fingerprint density at radius 2 is 1.81 bits per heavy atom. The van der Waals surface area contributed by atoms with Gasteiger partial charge in [0.1, 0.15) is 0 Å². The number of sulfonamides is 1. The van der Waals surface area contributed by atoms with E-state index in [0.717, 1.165) is 9.87 Å². The summed E-state index contributed by atoms with van der Waals surface area (Å²) in [7, 11) is -4.08. The summed E-state index contributed by atoms with van der Waals surface area (Å²) in [4.78, 5) is 25.0. The molecular weight excluding hydrogens is 418 g/mol. The summed E-state index contributed by atoms with van der Waals surface area (Å²) in [6.07, 6.45) is 0.392. The lowest BCUT2D eigenvalue weighted by Gasteiger charge is -2.39. The average Bonchev–Trinajstić information content (AvgIpc) is 3.14. The molecule has 0 spiro atoms. The van der Waals surface area contributed by atoms with Crippen LogP contribution in [-0.4, -0.2) is 37.5 Å². The molecule has 0 aromatic heterocycles. The summed E-state index contributed by atoms with van der Waals surface area (Å²) in [5, 5.41) is 0. The van der Waals surface area contributed by atoms with Gasteiger partial charge in [0.15, 0.2) is 6.23 Å². The van der Waals surface area contributed by atoms with E-state index in [9.17, 15) is 18.0 Å². The van der Waals surface area contributed by atoms with Crippen LogP contribution in [0.3, 0.4) is 0 Å². The maximum absolute atomic E-state index is 13.7. The Bertz CT molecular complexity index is 1120. The van der Waals surface area contributed by atoms with E-state index in [0.29, 0.717) is 5.56 Å². The minimum Gasteiger partial charge on any atom is -0.466 e. The van der Waals surface area contributed by atoms with Crippen molar-refractivity contribution in [3.05, 3.63) is 71.8 Å². The minimum atomic E-state index is -4.08. The Kier molecular flexibility index (Phi) is 5.58. The van der Waals surface area contributed by atoms with E-state index in [4.69, 9.17) is 9.47 Å². The third kappa shape index (κ3) is 3.83. The molecular formula is C23H23NO6S. The molecule has 0 bridgehead atoms. The lowest BCUT2D eigenvalue weighted by atomic mass is 9.85. The number of hydrogen-bond donors (Lipinski definition) is 0. The van der Waals surface area contributed by atoms with E-state index >= 15 is 0 Å². The Morgan fingerprint density at radius 1 is 1.13 bits per heavy atom. The molecule has 0 radical (unpaired) electrons. The van der Waals surface area contributed by atoms with Gasteiger partial charge < -0.3 is 9.47 Å². The fourth-order valence-corrected chi connectivity index (χ4v) is 5.60. The molecule has 0 aliphatic carbocycles. The SMILES string of the molecule is CCOC(=O)[C@H]1C=C(c2ccccc2)N(S(=O)(=O)c2ccc(C)cc2)[C@@H]2OC(=O)C[C@H]12. The molecule has 2 aliphatic heterocycles. The van der Waals surface area contributed by atoms with Gasteiger partial charge in [0.25, 0.3) is 10.0 Å². The third-order valence-electron chi connectivity index (χ3n) is 5.49. The summed E-state index contributed by atoms with van der Waals surface area (Å²) in [5.74, 6) is -2.51. The van der Waals surface area contributed by atoms with Gasteiger partial charge in [0.05, 0.1) is 29.5 Å². The molecule has 2 aromatic carbocycles. The maximum atomic E-state index is 13.7. The quantitative estimate of drug-likeness (QED) is 0.663. The highest BCUT2D eigenvalue weighted by molar-refractivity contribution is 7.89. The van der Waals surface area contributed by atoms with Gasteiger partial charge in [-0.25, -0.2) is 12.7 Å². The molecule has 162 valence electrons. The molecule has 31 heavy (non-hydrogen) atoms. The molecule has 2 aromatic rings. The predicted molar refractivity (Wildman–Crippen MR) is 113 cm³/mol. The van der Waals surface area contributed by atoms with Crippen molar-refractivity contribution in [1.82, 2.24) is 4.31 Å². The number of fused-ring (bicyclic) bond motifs is 1. The maximum Gasteiger partial charge on any atom is 0.313 e. The van der Waals surface area contributed by atoms with Crippen LogP contribution in [0.25, 0.3) is 5.70 Å². The number of esters is 2. The zero-order valence-corrected chi connectivity index (χ0v) is 18.0. The van der Waals surface area contributed by atoms with Crippen LogP contribution in [0.1, 0.15) is 24.5 Å². The van der Waals surface area contributed by atoms with Crippen LogP contribution < -0.4 is 0 Å². The highest BCUT2D eigenvalue weighted by Gasteiger charge is 2.53. The lowest BCUT2D eigenvalue weighted by Crippen LogP contribution is -2.48. The van der Waals surface area contributed by atoms with E-state index in [1.807, 2.05) is 13.0 Å². The second kappa shape index (κ2) is 8.19. The molecule has 0 amide bonds. The number of benzene rings is 2. The van der Waals surface area contributed by atoms with Crippen molar-refractivity contribution in [3.63, 3.8) is 0 Å². The van der Waals surface area contributed by atoms with Crippen molar-refractivity contribution >= 4 is 27.7 Å². The highest BCUT2D eigenvalue weighted by Crippen LogP contribution is 2.44. The van der Waals surface area contributed by atoms with Gasteiger partial charge in [-0.3, -0.25) is 9.59 Å². The van der Waals surface area contributed by atoms with Crippen molar-refractivity contribution in [2.75, 3.05) is 6.61 Å². The number of nitrogens with zero attached hydrogens (tertiary/aromatic N) is 1. The first-order valence-electron chi connectivity index (χ1n) is 10.1. The van der Waals surface area contributed by atoms with Gasteiger partial charge >= 0.3 is 11.9 Å². The number of rotatable bonds is 5. The summed E-state index contributed by atoms with van der Waals surface area (Å²) >= 11 is 0. The van der Waals surface area contributed by atoms with Crippen LogP contribution >= 0.6 is 0 Å². The first kappa shape index (κ1) is 21.1. The Balaban J connectivity index is 1.90. The largest absolute Gasteiger partial charge is 0.466 e. The molecule has 0 N–H and O–H groups in total. The number of carbonyl (C=O) groups is 2. The van der Waals surface area contributed by atoms with E-state index in [2.05, 4.69) is 0 Å². The van der Waals surface area contributed by atoms with E-state index in [1.165, 1.54) is 12.1 Å². The first-order chi connectivity index (χ1) is 14.8. The fraction of sp³-hybridized carbons (Fsp3) is 0.304. The number of carbonyl (C=O) groups excluding carboxylic acids is 2. The van der Waals surface area contributed by atoms with Crippen LogP contribution in [-0.2, 0) is 29.1 Å². The summed E-state index contributed by atoms with van der Waals surface area (Å²) < 4.78 is 39.2. The lowest BCUT2D eigenvalue weighted by molar-refractivity contribution is -0.152. The van der Waals surface area contributed by atoms with Crippen molar-refractivity contribution in [2.45, 2.75) is 31.4 Å². The molecule has 2 heterocycles. The zero-order chi connectivity index (χ0) is 22.2. The molecule has 1 fully saturated rings. The Hall–Kier alpha value is -3.13. The van der Waals surface area contributed by atoms with Crippen molar-refractivity contribution < 1.29 is 27.5 Å². The smallest absolute Gasteiger partial charge is 0.313 e. The van der Waals surface area contributed by atoms with Crippen LogP contribution in [0, 0.1) is 18.8 Å². The van der Waals surface area contributed by atoms with Gasteiger partial charge in [-0.2, -0.15) is 0 Å². The van der Waals surface area contributed by atoms with Gasteiger partial charge in [0.2, 0.25) is 0 Å². The Labute approximate surface area is 181 Å². The average molecular weight is 442 g/mol. The molecule has 1 saturated heterocycles. The van der Waals surface area contributed by atoms with E-state index in [-0.39, 0.29) is 23.6 Å². The zero-order valence-electron chi connectivity index (χ0n) is 17.2. The van der Waals surface area contributed by atoms with Crippen LogP contribution in [0.2, 0.25) is 0 Å². The summed E-state index contributed by atoms with van der Waals surface area (Å²) in [5.41, 5.74) is 1.80. The van der Waals surface area contributed by atoms with Crippen molar-refractivity contribution in [2.24, 2.45) is 11.8 Å². The van der Waals surface area contributed by atoms with E-state index in [1.54, 1.807) is 49.4 Å². The monoisotopic (exact) mass is 441 g/mol. The number of hydrogen-bond acceptors (Lipinski definition) is 6. The molecule has 8 heteroatoms. The summed E-state index contributed by atoms with van der Waals surface area (Å²) in [6, 6.07) is 15.3. The molecule has 0 unspecified atom stereocenters. The van der Waals surface area contributed by atoms with Crippen molar-refractivity contribution in [3.8, 4) is 0 Å². The summed E-state index contributed by atoms with van der Waals surface area (Å²) in [6.45, 7) is 3.75. The first-order valence-corrected chi connectivity index (χ1v) is 11.5. The highest BCUT2D eigenvalue weighted by atomic mass is 32.2. The number of ether oxygens (including phenoxy) is 2. The van der Waals surface area contributed by atoms with Gasteiger partial charge in [-0.05, 0) is 37.6 Å². The van der Waals surface area contributed by atoms with Crippen LogP contribution in [0.4, 0.5) is 0 Å². The topological polar surface area (TPSA) is 90.0 Å². The van der Waals surface area contributed by atoms with Gasteiger partial charge in [0, 0.05) is 5.92 Å². The fourth-order valence-electron chi connectivity index (χ4n) is 4.00. The molecule has 3 atom stereocenters.